The van der Waals surface area contributed by atoms with Crippen molar-refractivity contribution < 1.29 is 17.5 Å². The summed E-state index contributed by atoms with van der Waals surface area (Å²) in [5.41, 5.74) is 2.33. The molecule has 0 aromatic heterocycles. The van der Waals surface area contributed by atoms with Gasteiger partial charge in [-0.25, -0.2) is 12.8 Å². The molecule has 1 unspecified atom stereocenters. The first kappa shape index (κ1) is 19.1. The van der Waals surface area contributed by atoms with E-state index < -0.39 is 16.1 Å². The number of aryl methyl sites for hydroxylation is 1. The summed E-state index contributed by atoms with van der Waals surface area (Å²) in [5, 5.41) is 0. The van der Waals surface area contributed by atoms with Crippen molar-refractivity contribution in [2.75, 3.05) is 7.11 Å². The molecule has 0 aliphatic carbocycles. The van der Waals surface area contributed by atoms with Gasteiger partial charge in [0.2, 0.25) is 10.0 Å². The lowest BCUT2D eigenvalue weighted by Crippen LogP contribution is -2.29. The molecule has 0 spiro atoms. The van der Waals surface area contributed by atoms with Crippen LogP contribution in [-0.4, -0.2) is 15.5 Å². The molecule has 3 aromatic rings. The van der Waals surface area contributed by atoms with Crippen molar-refractivity contribution in [1.82, 2.24) is 4.72 Å². The highest BCUT2D eigenvalue weighted by Crippen LogP contribution is 2.26. The minimum Gasteiger partial charge on any atom is -0.497 e. The molecule has 0 amide bonds. The molecule has 0 heterocycles. The van der Waals surface area contributed by atoms with Crippen LogP contribution in [0.3, 0.4) is 0 Å². The van der Waals surface area contributed by atoms with Gasteiger partial charge in [0.1, 0.15) is 11.6 Å². The first-order chi connectivity index (χ1) is 12.9. The Balaban J connectivity index is 2.00. The molecule has 0 bridgehead atoms. The topological polar surface area (TPSA) is 55.4 Å². The highest BCUT2D eigenvalue weighted by atomic mass is 32.2. The fraction of sp³-hybridized carbons (Fsp3) is 0.143. The van der Waals surface area contributed by atoms with E-state index in [2.05, 4.69) is 4.72 Å². The second kappa shape index (κ2) is 7.90. The predicted molar refractivity (Wildman–Crippen MR) is 103 cm³/mol. The Kier molecular flexibility index (Phi) is 5.58. The summed E-state index contributed by atoms with van der Waals surface area (Å²) in [6.45, 7) is 1.89. The first-order valence-corrected chi connectivity index (χ1v) is 9.86. The van der Waals surface area contributed by atoms with Crippen molar-refractivity contribution in [2.45, 2.75) is 17.9 Å². The van der Waals surface area contributed by atoms with Gasteiger partial charge < -0.3 is 4.74 Å². The summed E-state index contributed by atoms with van der Waals surface area (Å²) >= 11 is 0. The Morgan fingerprint density at radius 2 is 1.37 bits per heavy atom. The number of halogens is 1. The summed E-state index contributed by atoms with van der Waals surface area (Å²) in [4.78, 5) is 0.175. The van der Waals surface area contributed by atoms with Crippen molar-refractivity contribution in [2.24, 2.45) is 0 Å². The number of ether oxygens (including phenoxy) is 1. The van der Waals surface area contributed by atoms with Crippen LogP contribution < -0.4 is 9.46 Å². The SMILES string of the molecule is COc1ccc(C(NS(=O)(=O)c2ccc(C)cc2)c2ccc(F)cc2)cc1. The lowest BCUT2D eigenvalue weighted by Gasteiger charge is -2.20. The summed E-state index contributed by atoms with van der Waals surface area (Å²) in [6, 6.07) is 18.8. The standard InChI is InChI=1S/C21H20FNO3S/c1-15-3-13-20(14-4-15)27(24,25)23-21(16-5-9-18(22)10-6-16)17-7-11-19(26-2)12-8-17/h3-14,21,23H,1-2H3. The summed E-state index contributed by atoms with van der Waals surface area (Å²) in [5.74, 6) is 0.284. The van der Waals surface area contributed by atoms with Crippen molar-refractivity contribution in [3.05, 3.63) is 95.3 Å². The lowest BCUT2D eigenvalue weighted by atomic mass is 9.99. The van der Waals surface area contributed by atoms with Crippen LogP contribution >= 0.6 is 0 Å². The Morgan fingerprint density at radius 3 is 1.89 bits per heavy atom. The quantitative estimate of drug-likeness (QED) is 0.692. The maximum Gasteiger partial charge on any atom is 0.241 e. The molecule has 0 saturated heterocycles. The van der Waals surface area contributed by atoms with Crippen LogP contribution in [0.1, 0.15) is 22.7 Å². The Labute approximate surface area is 158 Å². The van der Waals surface area contributed by atoms with Crippen molar-refractivity contribution in [3.63, 3.8) is 0 Å². The highest BCUT2D eigenvalue weighted by Gasteiger charge is 2.23. The average molecular weight is 385 g/mol. The number of sulfonamides is 1. The van der Waals surface area contributed by atoms with Gasteiger partial charge >= 0.3 is 0 Å². The van der Waals surface area contributed by atoms with Crippen LogP contribution in [0.5, 0.6) is 5.75 Å². The Morgan fingerprint density at radius 1 is 0.852 bits per heavy atom. The fourth-order valence-electron chi connectivity index (χ4n) is 2.72. The number of rotatable bonds is 6. The third-order valence-corrected chi connectivity index (χ3v) is 5.70. The van der Waals surface area contributed by atoms with E-state index in [1.165, 1.54) is 12.1 Å². The molecule has 0 radical (unpaired) electrons. The zero-order valence-corrected chi connectivity index (χ0v) is 15.8. The molecule has 6 heteroatoms. The number of nitrogens with one attached hydrogen (secondary N) is 1. The zero-order chi connectivity index (χ0) is 19.4. The molecule has 3 aromatic carbocycles. The molecule has 1 N–H and O–H groups in total. The molecular weight excluding hydrogens is 365 g/mol. The van der Waals surface area contributed by atoms with Gasteiger partial charge in [-0.05, 0) is 54.4 Å². The average Bonchev–Trinajstić information content (AvgIpc) is 2.67. The van der Waals surface area contributed by atoms with Crippen molar-refractivity contribution in [3.8, 4) is 5.75 Å². The van der Waals surface area contributed by atoms with Crippen LogP contribution in [0.25, 0.3) is 0 Å². The Hall–Kier alpha value is -2.70. The van der Waals surface area contributed by atoms with Gasteiger partial charge in [0.15, 0.2) is 0 Å². The largest absolute Gasteiger partial charge is 0.497 e. The molecule has 27 heavy (non-hydrogen) atoms. The minimum absolute atomic E-state index is 0.175. The molecular formula is C21H20FNO3S. The van der Waals surface area contributed by atoms with Crippen LogP contribution in [-0.2, 0) is 10.0 Å². The smallest absolute Gasteiger partial charge is 0.241 e. The van der Waals surface area contributed by atoms with E-state index in [4.69, 9.17) is 4.74 Å². The first-order valence-electron chi connectivity index (χ1n) is 8.37. The van der Waals surface area contributed by atoms with Gasteiger partial charge in [-0.1, -0.05) is 42.0 Å². The molecule has 0 fully saturated rings. The predicted octanol–water partition coefficient (Wildman–Crippen LogP) is 4.21. The molecule has 3 rings (SSSR count). The van der Waals surface area contributed by atoms with E-state index in [1.807, 2.05) is 6.92 Å². The van der Waals surface area contributed by atoms with Crippen LogP contribution in [0.15, 0.2) is 77.7 Å². The van der Waals surface area contributed by atoms with Gasteiger partial charge in [-0.15, -0.1) is 0 Å². The van der Waals surface area contributed by atoms with Crippen molar-refractivity contribution >= 4 is 10.0 Å². The lowest BCUT2D eigenvalue weighted by molar-refractivity contribution is 0.414. The van der Waals surface area contributed by atoms with E-state index in [-0.39, 0.29) is 10.7 Å². The van der Waals surface area contributed by atoms with Gasteiger partial charge in [0.05, 0.1) is 18.0 Å². The van der Waals surface area contributed by atoms with Crippen LogP contribution in [0.4, 0.5) is 4.39 Å². The molecule has 140 valence electrons. The van der Waals surface area contributed by atoms with E-state index in [0.29, 0.717) is 11.3 Å². The van der Waals surface area contributed by atoms with Gasteiger partial charge in [-0.2, -0.15) is 4.72 Å². The Bertz CT molecular complexity index is 999. The number of hydrogen-bond donors (Lipinski definition) is 1. The van der Waals surface area contributed by atoms with E-state index in [9.17, 15) is 12.8 Å². The number of benzene rings is 3. The van der Waals surface area contributed by atoms with E-state index in [1.54, 1.807) is 67.8 Å². The summed E-state index contributed by atoms with van der Waals surface area (Å²) in [6.07, 6.45) is 0. The molecule has 1 atom stereocenters. The molecule has 0 aliphatic rings. The fourth-order valence-corrected chi connectivity index (χ4v) is 3.93. The third-order valence-electron chi connectivity index (χ3n) is 4.26. The summed E-state index contributed by atoms with van der Waals surface area (Å²) in [7, 11) is -2.21. The number of methoxy groups -OCH3 is 1. The second-order valence-electron chi connectivity index (χ2n) is 6.19. The molecule has 0 saturated carbocycles. The maximum atomic E-state index is 13.3. The summed E-state index contributed by atoms with van der Waals surface area (Å²) < 4.78 is 47.0. The van der Waals surface area contributed by atoms with Crippen LogP contribution in [0.2, 0.25) is 0 Å². The van der Waals surface area contributed by atoms with E-state index >= 15 is 0 Å². The normalized spacial score (nSPS) is 12.6. The monoisotopic (exact) mass is 385 g/mol. The zero-order valence-electron chi connectivity index (χ0n) is 15.0. The van der Waals surface area contributed by atoms with E-state index in [0.717, 1.165) is 11.1 Å². The molecule has 0 aliphatic heterocycles. The van der Waals surface area contributed by atoms with Gasteiger partial charge in [0, 0.05) is 0 Å². The van der Waals surface area contributed by atoms with Gasteiger partial charge in [0.25, 0.3) is 0 Å². The molecule has 4 nitrogen and oxygen atoms in total. The van der Waals surface area contributed by atoms with Gasteiger partial charge in [-0.3, -0.25) is 0 Å². The number of hydrogen-bond acceptors (Lipinski definition) is 3. The third kappa shape index (κ3) is 4.53. The van der Waals surface area contributed by atoms with Crippen molar-refractivity contribution in [1.29, 1.82) is 0 Å². The maximum absolute atomic E-state index is 13.3. The second-order valence-corrected chi connectivity index (χ2v) is 7.91. The van der Waals surface area contributed by atoms with Crippen LogP contribution in [0, 0.1) is 12.7 Å². The minimum atomic E-state index is -3.77. The highest BCUT2D eigenvalue weighted by molar-refractivity contribution is 7.89.